The van der Waals surface area contributed by atoms with E-state index in [1.165, 1.54) is 12.1 Å². The van der Waals surface area contributed by atoms with E-state index >= 15 is 0 Å². The number of aromatic nitrogens is 5. The molecule has 4 aromatic rings. The lowest BCUT2D eigenvalue weighted by atomic mass is 10.3. The number of hydrogen-bond donors (Lipinski definition) is 0. The van der Waals surface area contributed by atoms with Crippen LogP contribution in [0.15, 0.2) is 48.9 Å². The molecule has 0 aliphatic heterocycles. The van der Waals surface area contributed by atoms with Crippen LogP contribution in [0.5, 0.6) is 5.75 Å². The third-order valence-corrected chi connectivity index (χ3v) is 4.15. The quantitative estimate of drug-likeness (QED) is 0.553. The summed E-state index contributed by atoms with van der Waals surface area (Å²) in [6.07, 6.45) is 5.43. The highest BCUT2D eigenvalue weighted by atomic mass is 19.1. The summed E-state index contributed by atoms with van der Waals surface area (Å²) in [5, 5.41) is 4.43. The second-order valence-electron chi connectivity index (χ2n) is 6.08. The summed E-state index contributed by atoms with van der Waals surface area (Å²) in [5.74, 6) is 1.15. The van der Waals surface area contributed by atoms with E-state index in [9.17, 15) is 4.39 Å². The fourth-order valence-corrected chi connectivity index (χ4v) is 2.95. The van der Waals surface area contributed by atoms with Crippen LogP contribution in [0.25, 0.3) is 17.0 Å². The fourth-order valence-electron chi connectivity index (χ4n) is 2.95. The van der Waals surface area contributed by atoms with Gasteiger partial charge in [0.15, 0.2) is 5.65 Å². The van der Waals surface area contributed by atoms with Crippen molar-refractivity contribution in [3.8, 4) is 17.1 Å². The van der Waals surface area contributed by atoms with Crippen LogP contribution in [0, 0.1) is 19.7 Å². The maximum absolute atomic E-state index is 12.9. The minimum absolute atomic E-state index is 0.277. The number of hydrogen-bond acceptors (Lipinski definition) is 4. The number of rotatable bonds is 5. The van der Waals surface area contributed by atoms with Crippen LogP contribution in [0.1, 0.15) is 11.4 Å². The van der Waals surface area contributed by atoms with Gasteiger partial charge in [-0.2, -0.15) is 5.10 Å². The van der Waals surface area contributed by atoms with Crippen LogP contribution in [-0.4, -0.2) is 30.8 Å². The van der Waals surface area contributed by atoms with E-state index in [2.05, 4.69) is 15.1 Å². The first-order valence-electron chi connectivity index (χ1n) is 8.33. The van der Waals surface area contributed by atoms with Crippen molar-refractivity contribution >= 4 is 5.65 Å². The molecule has 6 nitrogen and oxygen atoms in total. The molecule has 3 heterocycles. The van der Waals surface area contributed by atoms with E-state index in [4.69, 9.17) is 4.74 Å². The minimum Gasteiger partial charge on any atom is -0.492 e. The van der Waals surface area contributed by atoms with Crippen LogP contribution in [-0.2, 0) is 6.54 Å². The highest BCUT2D eigenvalue weighted by Crippen LogP contribution is 2.23. The summed E-state index contributed by atoms with van der Waals surface area (Å²) < 4.78 is 22.4. The number of aryl methyl sites for hydroxylation is 2. The highest BCUT2D eigenvalue weighted by molar-refractivity contribution is 5.72. The Balaban J connectivity index is 1.56. The van der Waals surface area contributed by atoms with E-state index < -0.39 is 0 Å². The topological polar surface area (TPSA) is 57.2 Å². The van der Waals surface area contributed by atoms with Gasteiger partial charge in [0.25, 0.3) is 0 Å². The fraction of sp³-hybridized carbons (Fsp3) is 0.211. The molecule has 0 saturated carbocycles. The van der Waals surface area contributed by atoms with Crippen molar-refractivity contribution in [3.05, 3.63) is 66.1 Å². The van der Waals surface area contributed by atoms with E-state index in [0.717, 1.165) is 28.4 Å². The lowest BCUT2D eigenvalue weighted by Crippen LogP contribution is -2.09. The van der Waals surface area contributed by atoms with Gasteiger partial charge in [-0.3, -0.25) is 0 Å². The normalized spacial score (nSPS) is 11.2. The standard InChI is InChI=1S/C19H18FN5O/c1-13-11-14(2)25-19(23-13)17(12-22-25)18-21-7-8-24(18)9-10-26-16-5-3-15(20)4-6-16/h3-8,11-12H,9-10H2,1-2H3. The molecular formula is C19H18FN5O. The van der Waals surface area contributed by atoms with Crippen molar-refractivity contribution in [1.82, 2.24) is 24.1 Å². The van der Waals surface area contributed by atoms with Gasteiger partial charge in [0.2, 0.25) is 0 Å². The van der Waals surface area contributed by atoms with Crippen molar-refractivity contribution in [1.29, 1.82) is 0 Å². The van der Waals surface area contributed by atoms with Crippen LogP contribution < -0.4 is 4.74 Å². The van der Waals surface area contributed by atoms with Crippen molar-refractivity contribution in [3.63, 3.8) is 0 Å². The van der Waals surface area contributed by atoms with Crippen molar-refractivity contribution < 1.29 is 9.13 Å². The smallest absolute Gasteiger partial charge is 0.166 e. The molecule has 0 unspecified atom stereocenters. The molecule has 0 N–H and O–H groups in total. The first-order valence-corrected chi connectivity index (χ1v) is 8.33. The summed E-state index contributed by atoms with van der Waals surface area (Å²) in [6.45, 7) is 5.02. The molecule has 1 aromatic carbocycles. The average Bonchev–Trinajstić information content (AvgIpc) is 3.23. The molecule has 0 aliphatic rings. The molecule has 0 saturated heterocycles. The Hall–Kier alpha value is -3.22. The molecule has 0 amide bonds. The first kappa shape index (κ1) is 16.3. The monoisotopic (exact) mass is 351 g/mol. The molecule has 3 aromatic heterocycles. The molecule has 0 aliphatic carbocycles. The van der Waals surface area contributed by atoms with Crippen molar-refractivity contribution in [2.75, 3.05) is 6.61 Å². The number of benzene rings is 1. The number of halogens is 1. The Labute approximate surface area is 149 Å². The van der Waals surface area contributed by atoms with Gasteiger partial charge in [0, 0.05) is 23.8 Å². The van der Waals surface area contributed by atoms with Crippen LogP contribution in [0.4, 0.5) is 4.39 Å². The van der Waals surface area contributed by atoms with Crippen LogP contribution >= 0.6 is 0 Å². The Morgan fingerprint density at radius 3 is 2.77 bits per heavy atom. The Morgan fingerprint density at radius 1 is 1.15 bits per heavy atom. The Bertz CT molecular complexity index is 1050. The minimum atomic E-state index is -0.277. The number of ether oxygens (including phenoxy) is 1. The summed E-state index contributed by atoms with van der Waals surface area (Å²) in [7, 11) is 0. The van der Waals surface area contributed by atoms with Gasteiger partial charge in [0.1, 0.15) is 24.0 Å². The summed E-state index contributed by atoms with van der Waals surface area (Å²) in [5.41, 5.74) is 3.63. The van der Waals surface area contributed by atoms with Gasteiger partial charge in [-0.1, -0.05) is 0 Å². The second-order valence-corrected chi connectivity index (χ2v) is 6.08. The van der Waals surface area contributed by atoms with E-state index in [0.29, 0.717) is 18.9 Å². The molecule has 132 valence electrons. The molecular weight excluding hydrogens is 333 g/mol. The first-order chi connectivity index (χ1) is 12.6. The zero-order valence-corrected chi connectivity index (χ0v) is 14.6. The largest absolute Gasteiger partial charge is 0.492 e. The van der Waals surface area contributed by atoms with E-state index in [1.54, 1.807) is 24.5 Å². The molecule has 0 fully saturated rings. The van der Waals surface area contributed by atoms with Gasteiger partial charge >= 0.3 is 0 Å². The Morgan fingerprint density at radius 2 is 1.96 bits per heavy atom. The number of nitrogens with zero attached hydrogens (tertiary/aromatic N) is 5. The molecule has 26 heavy (non-hydrogen) atoms. The van der Waals surface area contributed by atoms with Crippen LogP contribution in [0.3, 0.4) is 0 Å². The van der Waals surface area contributed by atoms with Crippen molar-refractivity contribution in [2.45, 2.75) is 20.4 Å². The van der Waals surface area contributed by atoms with Gasteiger partial charge in [-0.15, -0.1) is 0 Å². The zero-order chi connectivity index (χ0) is 18.1. The summed E-state index contributed by atoms with van der Waals surface area (Å²) in [4.78, 5) is 9.08. The number of imidazole rings is 1. The molecule has 0 spiro atoms. The van der Waals surface area contributed by atoms with Gasteiger partial charge in [-0.25, -0.2) is 18.9 Å². The Kier molecular flexibility index (Phi) is 4.12. The molecule has 4 rings (SSSR count). The third kappa shape index (κ3) is 3.03. The predicted molar refractivity (Wildman–Crippen MR) is 95.6 cm³/mol. The van der Waals surface area contributed by atoms with Gasteiger partial charge < -0.3 is 9.30 Å². The summed E-state index contributed by atoms with van der Waals surface area (Å²) >= 11 is 0. The maximum Gasteiger partial charge on any atom is 0.166 e. The summed E-state index contributed by atoms with van der Waals surface area (Å²) in [6, 6.07) is 7.99. The molecule has 0 radical (unpaired) electrons. The van der Waals surface area contributed by atoms with E-state index in [-0.39, 0.29) is 5.82 Å². The highest BCUT2D eigenvalue weighted by Gasteiger charge is 2.14. The van der Waals surface area contributed by atoms with Crippen LogP contribution in [0.2, 0.25) is 0 Å². The van der Waals surface area contributed by atoms with E-state index in [1.807, 2.05) is 35.2 Å². The zero-order valence-electron chi connectivity index (χ0n) is 14.6. The maximum atomic E-state index is 12.9. The molecule has 7 heteroatoms. The molecule has 0 atom stereocenters. The lowest BCUT2D eigenvalue weighted by molar-refractivity contribution is 0.298. The SMILES string of the molecule is Cc1cc(C)n2ncc(-c3nccn3CCOc3ccc(F)cc3)c2n1. The van der Waals surface area contributed by atoms with Crippen molar-refractivity contribution in [2.24, 2.45) is 0 Å². The molecule has 0 bridgehead atoms. The lowest BCUT2D eigenvalue weighted by Gasteiger charge is -2.09. The van der Waals surface area contributed by atoms with Gasteiger partial charge in [-0.05, 0) is 44.2 Å². The predicted octanol–water partition coefficient (Wildman–Crippen LogP) is 3.43. The number of fused-ring (bicyclic) bond motifs is 1. The average molecular weight is 351 g/mol. The second kappa shape index (κ2) is 6.59. The van der Waals surface area contributed by atoms with Gasteiger partial charge in [0.05, 0.1) is 18.3 Å². The third-order valence-electron chi connectivity index (χ3n) is 4.15.